The average Bonchev–Trinajstić information content (AvgIpc) is 3.25. The first-order valence-electron chi connectivity index (χ1n) is 12.4. The van der Waals surface area contributed by atoms with E-state index in [-0.39, 0.29) is 5.54 Å². The van der Waals surface area contributed by atoms with E-state index in [0.717, 1.165) is 31.0 Å². The highest BCUT2D eigenvalue weighted by Crippen LogP contribution is 2.25. The molecule has 7 heteroatoms. The highest BCUT2D eigenvalue weighted by molar-refractivity contribution is 5.86. The first kappa shape index (κ1) is 26.0. The summed E-state index contributed by atoms with van der Waals surface area (Å²) in [5, 5.41) is 10.6. The molecule has 1 amide bonds. The highest BCUT2D eigenvalue weighted by atomic mass is 16.6. The lowest BCUT2D eigenvalue weighted by atomic mass is 10.1. The monoisotopic (exact) mass is 498 g/mol. The summed E-state index contributed by atoms with van der Waals surface area (Å²) in [4.78, 5) is 12.4. The first-order chi connectivity index (χ1) is 17.8. The molecule has 0 saturated carbocycles. The summed E-state index contributed by atoms with van der Waals surface area (Å²) in [5.74, 6) is 1.84. The van der Waals surface area contributed by atoms with Gasteiger partial charge in [-0.1, -0.05) is 42.5 Å². The minimum atomic E-state index is -0.576. The third-order valence-electron chi connectivity index (χ3n) is 5.65. The molecule has 0 unspecified atom stereocenters. The lowest BCUT2D eigenvalue weighted by molar-refractivity contribution is 0.204. The number of aromatic nitrogens is 2. The molecular formula is C30H34N4O3. The van der Waals surface area contributed by atoms with Crippen LogP contribution in [-0.2, 0) is 18.5 Å². The van der Waals surface area contributed by atoms with Gasteiger partial charge in [0.2, 0.25) is 5.88 Å². The number of carbonyl (C=O) groups excluding carboxylic acids is 1. The maximum atomic E-state index is 12.4. The molecule has 0 radical (unpaired) electrons. The maximum absolute atomic E-state index is 12.4. The number of benzene rings is 3. The van der Waals surface area contributed by atoms with Gasteiger partial charge in [-0.05, 0) is 88.2 Å². The van der Waals surface area contributed by atoms with Crippen LogP contribution in [0.25, 0.3) is 0 Å². The van der Waals surface area contributed by atoms with Crippen LogP contribution in [0.2, 0.25) is 0 Å². The van der Waals surface area contributed by atoms with Gasteiger partial charge in [0.15, 0.2) is 0 Å². The van der Waals surface area contributed by atoms with Gasteiger partial charge in [0.25, 0.3) is 0 Å². The Bertz CT molecular complexity index is 1290. The molecule has 1 heterocycles. The summed E-state index contributed by atoms with van der Waals surface area (Å²) in [6, 6.07) is 27.4. The van der Waals surface area contributed by atoms with Gasteiger partial charge in [-0.25, -0.2) is 9.48 Å². The second kappa shape index (κ2) is 11.8. The number of amides is 1. The fourth-order valence-electron chi connectivity index (χ4n) is 3.80. The summed E-state index contributed by atoms with van der Waals surface area (Å²) < 4.78 is 13.2. The third-order valence-corrected chi connectivity index (χ3v) is 5.65. The van der Waals surface area contributed by atoms with Crippen molar-refractivity contribution in [1.29, 1.82) is 0 Å². The number of hydrogen-bond acceptors (Lipinski definition) is 5. The smallest absolute Gasteiger partial charge is 0.418 e. The zero-order valence-electron chi connectivity index (χ0n) is 21.8. The van der Waals surface area contributed by atoms with Gasteiger partial charge < -0.3 is 14.8 Å². The Balaban J connectivity index is 1.24. The van der Waals surface area contributed by atoms with E-state index in [1.807, 2.05) is 45.9 Å². The molecule has 3 aromatic carbocycles. The number of hydrogen-bond donors (Lipinski definition) is 2. The summed E-state index contributed by atoms with van der Waals surface area (Å²) in [6.07, 6.45) is 0.368. The number of ether oxygens (including phenoxy) is 2. The minimum Gasteiger partial charge on any atom is -0.457 e. The van der Waals surface area contributed by atoms with Crippen molar-refractivity contribution in [3.8, 4) is 17.4 Å². The van der Waals surface area contributed by atoms with Crippen LogP contribution in [0.4, 0.5) is 10.5 Å². The summed E-state index contributed by atoms with van der Waals surface area (Å²) in [7, 11) is 0. The van der Waals surface area contributed by atoms with Crippen molar-refractivity contribution < 1.29 is 14.3 Å². The molecular weight excluding hydrogens is 464 g/mol. The molecule has 37 heavy (non-hydrogen) atoms. The van der Waals surface area contributed by atoms with E-state index in [2.05, 4.69) is 52.1 Å². The number of anilines is 1. The van der Waals surface area contributed by atoms with Crippen LogP contribution in [0.1, 0.15) is 37.6 Å². The fraction of sp³-hybridized carbons (Fsp3) is 0.267. The van der Waals surface area contributed by atoms with Gasteiger partial charge in [-0.2, -0.15) is 5.10 Å². The third kappa shape index (κ3) is 7.69. The van der Waals surface area contributed by atoms with Crippen molar-refractivity contribution in [3.63, 3.8) is 0 Å². The Morgan fingerprint density at radius 1 is 0.892 bits per heavy atom. The summed E-state index contributed by atoms with van der Waals surface area (Å²) in [5.41, 5.74) is 3.61. The zero-order chi connectivity index (χ0) is 26.3. The molecule has 0 aliphatic carbocycles. The topological polar surface area (TPSA) is 77.4 Å². The van der Waals surface area contributed by atoms with E-state index in [0.29, 0.717) is 17.3 Å². The molecule has 0 aliphatic heterocycles. The van der Waals surface area contributed by atoms with Crippen LogP contribution < -0.4 is 20.1 Å². The van der Waals surface area contributed by atoms with Crippen LogP contribution in [-0.4, -0.2) is 22.4 Å². The second-order valence-corrected chi connectivity index (χ2v) is 9.90. The Hall–Kier alpha value is -4.10. The number of rotatable bonds is 9. The van der Waals surface area contributed by atoms with Crippen LogP contribution in [0.3, 0.4) is 0 Å². The van der Waals surface area contributed by atoms with E-state index in [1.54, 1.807) is 35.0 Å². The predicted molar refractivity (Wildman–Crippen MR) is 146 cm³/mol. The van der Waals surface area contributed by atoms with E-state index in [1.165, 1.54) is 11.1 Å². The quantitative estimate of drug-likeness (QED) is 0.252. The van der Waals surface area contributed by atoms with Gasteiger partial charge in [-0.3, -0.25) is 5.32 Å². The summed E-state index contributed by atoms with van der Waals surface area (Å²) in [6.45, 7) is 9.64. The average molecular weight is 499 g/mol. The van der Waals surface area contributed by atoms with Crippen molar-refractivity contribution in [2.45, 2.75) is 46.2 Å². The minimum absolute atomic E-state index is 0.305. The molecule has 2 N–H and O–H groups in total. The van der Waals surface area contributed by atoms with Crippen molar-refractivity contribution in [3.05, 3.63) is 102 Å². The highest BCUT2D eigenvalue weighted by Gasteiger charge is 2.21. The normalized spacial score (nSPS) is 11.2. The lowest BCUT2D eigenvalue weighted by Crippen LogP contribution is -2.26. The molecule has 0 fully saturated rings. The van der Waals surface area contributed by atoms with Gasteiger partial charge >= 0.3 is 6.09 Å². The molecule has 4 rings (SSSR count). The van der Waals surface area contributed by atoms with Gasteiger partial charge in [0.05, 0.1) is 11.2 Å². The number of carbonyl (C=O) groups is 1. The Morgan fingerprint density at radius 2 is 1.54 bits per heavy atom. The van der Waals surface area contributed by atoms with Gasteiger partial charge in [0.1, 0.15) is 11.5 Å². The van der Waals surface area contributed by atoms with Crippen LogP contribution in [0.15, 0.2) is 84.9 Å². The zero-order valence-corrected chi connectivity index (χ0v) is 21.8. The number of aryl methyl sites for hydroxylation is 1. The molecule has 0 spiro atoms. The van der Waals surface area contributed by atoms with E-state index in [9.17, 15) is 4.79 Å². The van der Waals surface area contributed by atoms with Crippen molar-refractivity contribution in [1.82, 2.24) is 15.1 Å². The molecule has 0 atom stereocenters. The molecule has 192 valence electrons. The van der Waals surface area contributed by atoms with E-state index < -0.39 is 6.09 Å². The van der Waals surface area contributed by atoms with Crippen molar-refractivity contribution >= 4 is 11.8 Å². The van der Waals surface area contributed by atoms with Crippen LogP contribution in [0.5, 0.6) is 17.4 Å². The Morgan fingerprint density at radius 3 is 2.19 bits per heavy atom. The fourth-order valence-corrected chi connectivity index (χ4v) is 3.80. The van der Waals surface area contributed by atoms with Gasteiger partial charge in [-0.15, -0.1) is 0 Å². The number of nitrogens with zero attached hydrogens (tertiary/aromatic N) is 2. The summed E-state index contributed by atoms with van der Waals surface area (Å²) >= 11 is 0. The first-order valence-corrected chi connectivity index (χ1v) is 12.4. The molecule has 0 bridgehead atoms. The van der Waals surface area contributed by atoms with Crippen LogP contribution >= 0.6 is 0 Å². The molecule has 7 nitrogen and oxygen atoms in total. The molecule has 1 aromatic heterocycles. The van der Waals surface area contributed by atoms with Crippen molar-refractivity contribution in [2.75, 3.05) is 11.9 Å². The molecule has 0 aliphatic rings. The SMILES string of the molecule is Cc1cc(OC(=O)Nc2ccc(Oc3ccc(CCNCc4ccccc4)cc3)cc2)n(C(C)(C)C)n1. The Labute approximate surface area is 218 Å². The second-order valence-electron chi connectivity index (χ2n) is 9.90. The molecule has 4 aromatic rings. The van der Waals surface area contributed by atoms with Gasteiger partial charge in [0, 0.05) is 18.3 Å². The molecule has 0 saturated heterocycles. The van der Waals surface area contributed by atoms with E-state index in [4.69, 9.17) is 9.47 Å². The number of nitrogens with one attached hydrogen (secondary N) is 2. The van der Waals surface area contributed by atoms with Crippen LogP contribution in [0, 0.1) is 6.92 Å². The predicted octanol–water partition coefficient (Wildman–Crippen LogP) is 6.68. The van der Waals surface area contributed by atoms with Crippen molar-refractivity contribution in [2.24, 2.45) is 0 Å². The van der Waals surface area contributed by atoms with E-state index >= 15 is 0 Å². The lowest BCUT2D eigenvalue weighted by Gasteiger charge is -2.21. The Kier molecular flexibility index (Phi) is 8.25. The largest absolute Gasteiger partial charge is 0.457 e. The maximum Gasteiger partial charge on any atom is 0.418 e. The standard InChI is InChI=1S/C30H34N4O3/c1-22-20-28(34(33-22)30(2,3)4)37-29(35)32-25-12-16-27(17-13-25)36-26-14-10-23(11-15-26)18-19-31-21-24-8-6-5-7-9-24/h5-17,20,31H,18-19,21H2,1-4H3,(H,32,35).